The van der Waals surface area contributed by atoms with Gasteiger partial charge in [0.1, 0.15) is 18.1 Å². The lowest BCUT2D eigenvalue weighted by Gasteiger charge is -2.32. The molecule has 0 atom stereocenters. The van der Waals surface area contributed by atoms with Gasteiger partial charge in [0.2, 0.25) is 11.8 Å². The molecule has 0 saturated carbocycles. The molecule has 3 aromatic heterocycles. The summed E-state index contributed by atoms with van der Waals surface area (Å²) in [7, 11) is 0. The topological polar surface area (TPSA) is 112 Å². The molecular weight excluding hydrogens is 444 g/mol. The van der Waals surface area contributed by atoms with Crippen LogP contribution >= 0.6 is 0 Å². The van der Waals surface area contributed by atoms with Crippen molar-refractivity contribution in [1.29, 1.82) is 0 Å². The number of hydrogen-bond donors (Lipinski definition) is 3. The minimum atomic E-state index is -0.192. The zero-order valence-electron chi connectivity index (χ0n) is 19.9. The monoisotopic (exact) mass is 474 g/mol. The van der Waals surface area contributed by atoms with E-state index in [1.807, 2.05) is 30.7 Å². The molecule has 10 heteroatoms. The number of aromatic nitrogens is 4. The first-order chi connectivity index (χ1) is 17.1. The Labute approximate surface area is 204 Å². The van der Waals surface area contributed by atoms with Crippen LogP contribution in [-0.2, 0) is 13.0 Å². The molecule has 1 fully saturated rings. The summed E-state index contributed by atoms with van der Waals surface area (Å²) < 4.78 is 5.68. The summed E-state index contributed by atoms with van der Waals surface area (Å²) >= 11 is 0. The third-order valence-corrected chi connectivity index (χ3v) is 7.00. The molecule has 3 N–H and O–H groups in total. The molecule has 0 unspecified atom stereocenters. The maximum Gasteiger partial charge on any atom is 0.237 e. The van der Waals surface area contributed by atoms with Gasteiger partial charge in [0.15, 0.2) is 0 Å². The lowest BCUT2D eigenvalue weighted by Crippen LogP contribution is -2.36. The number of piperidine rings is 1. The van der Waals surface area contributed by atoms with Crippen LogP contribution in [0.3, 0.4) is 0 Å². The zero-order chi connectivity index (χ0) is 23.8. The molecule has 182 valence electrons. The summed E-state index contributed by atoms with van der Waals surface area (Å²) in [5, 5.41) is 16.4. The van der Waals surface area contributed by atoms with Crippen molar-refractivity contribution in [2.75, 3.05) is 53.2 Å². The summed E-state index contributed by atoms with van der Waals surface area (Å²) in [6.07, 6.45) is 7.91. The van der Waals surface area contributed by atoms with Gasteiger partial charge < -0.3 is 30.3 Å². The Kier molecular flexibility index (Phi) is 5.73. The third-order valence-electron chi connectivity index (χ3n) is 7.00. The molecule has 6 heterocycles. The lowest BCUT2D eigenvalue weighted by molar-refractivity contribution is 0.145. The second-order valence-electron chi connectivity index (χ2n) is 9.31. The smallest absolute Gasteiger partial charge is 0.237 e. The Hall–Kier alpha value is -3.66. The van der Waals surface area contributed by atoms with E-state index in [0.29, 0.717) is 25.0 Å². The zero-order valence-corrected chi connectivity index (χ0v) is 19.9. The van der Waals surface area contributed by atoms with Gasteiger partial charge in [0.05, 0.1) is 42.1 Å². The molecule has 0 amide bonds. The number of rotatable bonds is 4. The minimum absolute atomic E-state index is 0.192. The molecule has 0 aliphatic carbocycles. The lowest BCUT2D eigenvalue weighted by atomic mass is 10.0. The number of aliphatic hydroxyl groups is 1. The van der Waals surface area contributed by atoms with Gasteiger partial charge in [-0.05, 0) is 43.9 Å². The molecule has 3 aliphatic rings. The average Bonchev–Trinajstić information content (AvgIpc) is 2.90. The van der Waals surface area contributed by atoms with Crippen LogP contribution in [0.5, 0.6) is 5.88 Å². The Morgan fingerprint density at radius 1 is 1.06 bits per heavy atom. The number of nitrogens with one attached hydrogen (secondary N) is 2. The van der Waals surface area contributed by atoms with Crippen LogP contribution in [0.15, 0.2) is 30.7 Å². The van der Waals surface area contributed by atoms with E-state index in [9.17, 15) is 5.11 Å². The molecular formula is C25H30N8O2. The van der Waals surface area contributed by atoms with E-state index >= 15 is 0 Å². The molecule has 10 nitrogen and oxygen atoms in total. The van der Waals surface area contributed by atoms with Crippen molar-refractivity contribution < 1.29 is 9.84 Å². The standard InChI is InChI=1S/C25H30N8O2/c1-16-21(14-28-24-23(16)26-7-11-35-24)33-8-4-17-12-29-25(31-20(17)15-33)30-18-2-3-22(27-13-18)32-9-5-19(34)6-10-32/h2-3,12-14,19,26,34H,4-11,15H2,1H3,(H,29,30,31). The van der Waals surface area contributed by atoms with Crippen LogP contribution < -0.4 is 25.2 Å². The van der Waals surface area contributed by atoms with Crippen LogP contribution in [0, 0.1) is 6.92 Å². The number of nitrogens with zero attached hydrogens (tertiary/aromatic N) is 6. The van der Waals surface area contributed by atoms with E-state index < -0.39 is 0 Å². The first-order valence-electron chi connectivity index (χ1n) is 12.3. The average molecular weight is 475 g/mol. The fourth-order valence-electron chi connectivity index (χ4n) is 4.97. The molecule has 35 heavy (non-hydrogen) atoms. The maximum atomic E-state index is 9.72. The molecule has 3 aromatic rings. The van der Waals surface area contributed by atoms with Crippen molar-refractivity contribution in [2.24, 2.45) is 0 Å². The highest BCUT2D eigenvalue weighted by Gasteiger charge is 2.24. The molecule has 0 radical (unpaired) electrons. The first-order valence-corrected chi connectivity index (χ1v) is 12.3. The summed E-state index contributed by atoms with van der Waals surface area (Å²) in [4.78, 5) is 23.0. The Morgan fingerprint density at radius 3 is 2.77 bits per heavy atom. The van der Waals surface area contributed by atoms with Gasteiger partial charge in [-0.15, -0.1) is 0 Å². The van der Waals surface area contributed by atoms with Gasteiger partial charge in [-0.1, -0.05) is 0 Å². The summed E-state index contributed by atoms with van der Waals surface area (Å²) in [5.41, 5.74) is 6.29. The number of aliphatic hydroxyl groups excluding tert-OH is 1. The van der Waals surface area contributed by atoms with Crippen molar-refractivity contribution in [3.63, 3.8) is 0 Å². The van der Waals surface area contributed by atoms with E-state index in [2.05, 4.69) is 42.3 Å². The molecule has 0 bridgehead atoms. The number of ether oxygens (including phenoxy) is 1. The summed E-state index contributed by atoms with van der Waals surface area (Å²) in [6, 6.07) is 4.00. The Balaban J connectivity index is 1.16. The van der Waals surface area contributed by atoms with Gasteiger partial charge >= 0.3 is 0 Å². The fraction of sp³-hybridized carbons (Fsp3) is 0.440. The molecule has 3 aliphatic heterocycles. The summed E-state index contributed by atoms with van der Waals surface area (Å²) in [6.45, 7) is 6.80. The maximum absolute atomic E-state index is 9.72. The normalized spacial score (nSPS) is 17.8. The van der Waals surface area contributed by atoms with E-state index in [1.165, 1.54) is 5.56 Å². The number of anilines is 5. The van der Waals surface area contributed by atoms with Crippen LogP contribution in [-0.4, -0.2) is 63.9 Å². The fourth-order valence-corrected chi connectivity index (χ4v) is 4.97. The Bertz CT molecular complexity index is 1210. The molecule has 6 rings (SSSR count). The van der Waals surface area contributed by atoms with Gasteiger partial charge in [-0.2, -0.15) is 0 Å². The predicted octanol–water partition coefficient (Wildman–Crippen LogP) is 2.65. The highest BCUT2D eigenvalue weighted by Crippen LogP contribution is 2.36. The minimum Gasteiger partial charge on any atom is -0.474 e. The van der Waals surface area contributed by atoms with Gasteiger partial charge in [0, 0.05) is 37.9 Å². The number of hydrogen-bond acceptors (Lipinski definition) is 10. The second-order valence-corrected chi connectivity index (χ2v) is 9.31. The highest BCUT2D eigenvalue weighted by molar-refractivity contribution is 5.70. The first kappa shape index (κ1) is 21.8. The van der Waals surface area contributed by atoms with Crippen LogP contribution in [0.1, 0.15) is 29.7 Å². The van der Waals surface area contributed by atoms with Crippen LogP contribution in [0.4, 0.5) is 28.8 Å². The molecule has 1 saturated heterocycles. The van der Waals surface area contributed by atoms with Crippen molar-refractivity contribution in [3.05, 3.63) is 47.5 Å². The van der Waals surface area contributed by atoms with Gasteiger partial charge in [-0.25, -0.2) is 19.9 Å². The Morgan fingerprint density at radius 2 is 1.94 bits per heavy atom. The summed E-state index contributed by atoms with van der Waals surface area (Å²) in [5.74, 6) is 2.18. The van der Waals surface area contributed by atoms with Crippen LogP contribution in [0.25, 0.3) is 0 Å². The van der Waals surface area contributed by atoms with Gasteiger partial charge in [0.25, 0.3) is 0 Å². The third kappa shape index (κ3) is 4.41. The number of pyridine rings is 2. The SMILES string of the molecule is Cc1c(N2CCc3cnc(Nc4ccc(N5CCC(O)CC5)nc4)nc3C2)cnc2c1NCCO2. The predicted molar refractivity (Wildman–Crippen MR) is 135 cm³/mol. The van der Waals surface area contributed by atoms with Crippen molar-refractivity contribution >= 4 is 28.8 Å². The quantitative estimate of drug-likeness (QED) is 0.522. The van der Waals surface area contributed by atoms with E-state index in [0.717, 1.165) is 79.6 Å². The molecule has 0 spiro atoms. The van der Waals surface area contributed by atoms with E-state index in [-0.39, 0.29) is 6.10 Å². The largest absolute Gasteiger partial charge is 0.474 e. The van der Waals surface area contributed by atoms with Crippen molar-refractivity contribution in [1.82, 2.24) is 19.9 Å². The van der Waals surface area contributed by atoms with Crippen LogP contribution in [0.2, 0.25) is 0 Å². The van der Waals surface area contributed by atoms with Gasteiger partial charge in [-0.3, -0.25) is 0 Å². The van der Waals surface area contributed by atoms with Crippen molar-refractivity contribution in [2.45, 2.75) is 38.8 Å². The van der Waals surface area contributed by atoms with Crippen molar-refractivity contribution in [3.8, 4) is 5.88 Å². The van der Waals surface area contributed by atoms with E-state index in [1.54, 1.807) is 0 Å². The van der Waals surface area contributed by atoms with E-state index in [4.69, 9.17) is 9.72 Å². The second kappa shape index (κ2) is 9.18. The molecule has 0 aromatic carbocycles. The highest BCUT2D eigenvalue weighted by atomic mass is 16.5. The number of fused-ring (bicyclic) bond motifs is 2.